The van der Waals surface area contributed by atoms with Gasteiger partial charge in [-0.1, -0.05) is 36.5 Å². The molecule has 5 N–H and O–H groups in total. The molecule has 0 radical (unpaired) electrons. The molecule has 0 aliphatic rings. The van der Waals surface area contributed by atoms with Crippen LogP contribution in [0.1, 0.15) is 64.2 Å². The van der Waals surface area contributed by atoms with Gasteiger partial charge in [-0.05, 0) is 57.8 Å². The van der Waals surface area contributed by atoms with E-state index in [0.717, 1.165) is 25.7 Å². The number of rotatable bonds is 16. The van der Waals surface area contributed by atoms with Gasteiger partial charge >= 0.3 is 5.97 Å². The number of carboxylic acid groups (broad SMARTS) is 1. The first-order valence-corrected chi connectivity index (χ1v) is 9.34. The van der Waals surface area contributed by atoms with E-state index in [0.29, 0.717) is 32.1 Å². The van der Waals surface area contributed by atoms with Crippen molar-refractivity contribution < 1.29 is 30.3 Å². The average Bonchev–Trinajstić information content (AvgIpc) is 2.56. The van der Waals surface area contributed by atoms with Crippen LogP contribution in [0.2, 0.25) is 0 Å². The Morgan fingerprint density at radius 2 is 1.58 bits per heavy atom. The molecular weight excluding hydrogens is 336 g/mol. The van der Waals surface area contributed by atoms with E-state index in [1.807, 2.05) is 24.3 Å². The molecule has 0 unspecified atom stereocenters. The average molecular weight is 370 g/mol. The molecule has 150 valence electrons. The SMILES string of the molecule is O=C(O)CCC[C@H](O)/C=C\C=C\CC[C@H](O)C/C=C\CCCCC(O)O. The zero-order valence-electron chi connectivity index (χ0n) is 15.4. The number of allylic oxidation sites excluding steroid dienone is 4. The Morgan fingerprint density at radius 1 is 0.808 bits per heavy atom. The molecule has 0 heterocycles. The molecule has 6 heteroatoms. The van der Waals surface area contributed by atoms with Crippen LogP contribution in [0.5, 0.6) is 0 Å². The number of aliphatic carboxylic acids is 1. The van der Waals surface area contributed by atoms with Gasteiger partial charge in [0.05, 0.1) is 12.2 Å². The predicted molar refractivity (Wildman–Crippen MR) is 101 cm³/mol. The first-order chi connectivity index (χ1) is 12.4. The zero-order valence-corrected chi connectivity index (χ0v) is 15.4. The summed E-state index contributed by atoms with van der Waals surface area (Å²) in [4.78, 5) is 10.4. The maximum Gasteiger partial charge on any atom is 0.303 e. The first-order valence-electron chi connectivity index (χ1n) is 9.34. The number of aliphatic hydroxyl groups is 4. The van der Waals surface area contributed by atoms with E-state index < -0.39 is 18.4 Å². The monoisotopic (exact) mass is 370 g/mol. The summed E-state index contributed by atoms with van der Waals surface area (Å²) in [7, 11) is 0. The van der Waals surface area contributed by atoms with E-state index in [1.54, 1.807) is 12.2 Å². The summed E-state index contributed by atoms with van der Waals surface area (Å²) in [6, 6.07) is 0. The lowest BCUT2D eigenvalue weighted by Gasteiger charge is -2.05. The lowest BCUT2D eigenvalue weighted by Crippen LogP contribution is -2.04. The van der Waals surface area contributed by atoms with Crippen LogP contribution in [-0.2, 0) is 4.79 Å². The summed E-state index contributed by atoms with van der Waals surface area (Å²) < 4.78 is 0. The maximum absolute atomic E-state index is 10.4. The van der Waals surface area contributed by atoms with E-state index >= 15 is 0 Å². The lowest BCUT2D eigenvalue weighted by molar-refractivity contribution is -0.137. The molecule has 0 spiro atoms. The van der Waals surface area contributed by atoms with Crippen molar-refractivity contribution in [3.63, 3.8) is 0 Å². The molecule has 0 aromatic rings. The number of hydrogen-bond donors (Lipinski definition) is 5. The molecule has 0 aliphatic carbocycles. The van der Waals surface area contributed by atoms with Crippen LogP contribution in [0.3, 0.4) is 0 Å². The molecule has 0 amide bonds. The first kappa shape index (κ1) is 24.5. The highest BCUT2D eigenvalue weighted by molar-refractivity contribution is 5.66. The van der Waals surface area contributed by atoms with E-state index in [-0.39, 0.29) is 12.5 Å². The Bertz CT molecular complexity index is 428. The van der Waals surface area contributed by atoms with Gasteiger partial charge in [0.25, 0.3) is 0 Å². The van der Waals surface area contributed by atoms with Crippen LogP contribution in [-0.4, -0.2) is 50.0 Å². The Kier molecular flexibility index (Phi) is 16.0. The lowest BCUT2D eigenvalue weighted by atomic mass is 10.1. The highest BCUT2D eigenvalue weighted by Gasteiger charge is 2.02. The third kappa shape index (κ3) is 18.9. The molecule has 0 saturated carbocycles. The van der Waals surface area contributed by atoms with Gasteiger partial charge in [-0.25, -0.2) is 0 Å². The quantitative estimate of drug-likeness (QED) is 0.123. The van der Waals surface area contributed by atoms with Crippen molar-refractivity contribution >= 4 is 5.97 Å². The molecule has 26 heavy (non-hydrogen) atoms. The summed E-state index contributed by atoms with van der Waals surface area (Å²) in [6.45, 7) is 0. The van der Waals surface area contributed by atoms with Gasteiger partial charge in [0.15, 0.2) is 6.29 Å². The third-order valence-corrected chi connectivity index (χ3v) is 3.80. The van der Waals surface area contributed by atoms with Gasteiger partial charge in [-0.2, -0.15) is 0 Å². The van der Waals surface area contributed by atoms with Crippen LogP contribution < -0.4 is 0 Å². The number of carboxylic acids is 1. The normalized spacial score (nSPS) is 14.8. The molecule has 0 saturated heterocycles. The van der Waals surface area contributed by atoms with E-state index in [2.05, 4.69) is 0 Å². The van der Waals surface area contributed by atoms with Crippen molar-refractivity contribution in [2.24, 2.45) is 0 Å². The highest BCUT2D eigenvalue weighted by Crippen LogP contribution is 2.07. The highest BCUT2D eigenvalue weighted by atomic mass is 16.5. The molecule has 0 bridgehead atoms. The minimum Gasteiger partial charge on any atom is -0.481 e. The van der Waals surface area contributed by atoms with Gasteiger partial charge in [0.1, 0.15) is 0 Å². The summed E-state index contributed by atoms with van der Waals surface area (Å²) in [5.41, 5.74) is 0. The zero-order chi connectivity index (χ0) is 19.6. The molecule has 0 fully saturated rings. The van der Waals surface area contributed by atoms with Gasteiger partial charge in [-0.15, -0.1) is 0 Å². The van der Waals surface area contributed by atoms with Crippen molar-refractivity contribution in [1.29, 1.82) is 0 Å². The van der Waals surface area contributed by atoms with Crippen LogP contribution in [0.15, 0.2) is 36.5 Å². The van der Waals surface area contributed by atoms with Crippen LogP contribution >= 0.6 is 0 Å². The second-order valence-electron chi connectivity index (χ2n) is 6.37. The van der Waals surface area contributed by atoms with Crippen molar-refractivity contribution in [1.82, 2.24) is 0 Å². The fraction of sp³-hybridized carbons (Fsp3) is 0.650. The molecule has 2 atom stereocenters. The standard InChI is InChI=1S/C20H34O6/c21-17(11-6-2-1-3-9-15-19(23)24)12-7-4-5-8-13-18(22)14-10-16-20(25)26/h2,4-6,8,13,17-19,21-24H,1,3,7,9-12,14-16H2,(H,25,26)/b5-4+,6-2-,13-8-/t17-,18-/m1/s1. The second kappa shape index (κ2) is 17.0. The number of hydrogen-bond acceptors (Lipinski definition) is 5. The molecule has 6 nitrogen and oxygen atoms in total. The van der Waals surface area contributed by atoms with Gasteiger partial charge < -0.3 is 25.5 Å². The van der Waals surface area contributed by atoms with Crippen molar-refractivity contribution in [3.05, 3.63) is 36.5 Å². The van der Waals surface area contributed by atoms with Crippen LogP contribution in [0.25, 0.3) is 0 Å². The van der Waals surface area contributed by atoms with E-state index in [1.165, 1.54) is 0 Å². The number of aliphatic hydroxyl groups excluding tert-OH is 3. The Balaban J connectivity index is 3.64. The smallest absolute Gasteiger partial charge is 0.303 e. The topological polar surface area (TPSA) is 118 Å². The largest absolute Gasteiger partial charge is 0.481 e. The Labute approximate surface area is 156 Å². The fourth-order valence-corrected chi connectivity index (χ4v) is 2.29. The number of carbonyl (C=O) groups is 1. The minimum absolute atomic E-state index is 0.0683. The third-order valence-electron chi connectivity index (χ3n) is 3.80. The fourth-order valence-electron chi connectivity index (χ4n) is 2.29. The molecular formula is C20H34O6. The van der Waals surface area contributed by atoms with Crippen molar-refractivity contribution in [3.8, 4) is 0 Å². The predicted octanol–water partition coefficient (Wildman–Crippen LogP) is 2.67. The second-order valence-corrected chi connectivity index (χ2v) is 6.37. The Hall–Kier alpha value is -1.47. The van der Waals surface area contributed by atoms with E-state index in [9.17, 15) is 15.0 Å². The Morgan fingerprint density at radius 3 is 2.27 bits per heavy atom. The van der Waals surface area contributed by atoms with E-state index in [4.69, 9.17) is 15.3 Å². The van der Waals surface area contributed by atoms with Gasteiger partial charge in [0, 0.05) is 6.42 Å². The molecule has 0 aromatic heterocycles. The van der Waals surface area contributed by atoms with Gasteiger partial charge in [-0.3, -0.25) is 4.79 Å². The van der Waals surface area contributed by atoms with Crippen LogP contribution in [0.4, 0.5) is 0 Å². The van der Waals surface area contributed by atoms with Crippen molar-refractivity contribution in [2.75, 3.05) is 0 Å². The summed E-state index contributed by atoms with van der Waals surface area (Å²) in [5, 5.41) is 45.4. The summed E-state index contributed by atoms with van der Waals surface area (Å²) in [6.07, 6.45) is 14.8. The summed E-state index contributed by atoms with van der Waals surface area (Å²) >= 11 is 0. The molecule has 0 aliphatic heterocycles. The summed E-state index contributed by atoms with van der Waals surface area (Å²) in [5.74, 6) is -0.851. The van der Waals surface area contributed by atoms with Crippen LogP contribution in [0, 0.1) is 0 Å². The maximum atomic E-state index is 10.4. The molecule has 0 rings (SSSR count). The van der Waals surface area contributed by atoms with Crippen molar-refractivity contribution in [2.45, 2.75) is 82.7 Å². The minimum atomic E-state index is -1.22. The molecule has 0 aromatic carbocycles. The van der Waals surface area contributed by atoms with Gasteiger partial charge in [0.2, 0.25) is 0 Å². The number of unbranched alkanes of at least 4 members (excludes halogenated alkanes) is 2.